The first kappa shape index (κ1) is 20.6. The van der Waals surface area contributed by atoms with Crippen LogP contribution in [0.15, 0.2) is 34.2 Å². The first-order valence-corrected chi connectivity index (χ1v) is 11.4. The zero-order chi connectivity index (χ0) is 21.3. The number of nitrogens with zero attached hydrogens (tertiary/aromatic N) is 1. The minimum Gasteiger partial charge on any atom is -0.465 e. The fraction of sp³-hybridized carbons (Fsp3) is 0.333. The molecule has 7 nitrogen and oxygen atoms in total. The first-order valence-electron chi connectivity index (χ1n) is 9.60. The number of carbonyl (C=O) groups is 2. The minimum atomic E-state index is -0.469. The molecule has 4 rings (SSSR count). The van der Waals surface area contributed by atoms with E-state index in [1.54, 1.807) is 35.6 Å². The van der Waals surface area contributed by atoms with Crippen molar-refractivity contribution in [1.82, 2.24) is 9.97 Å². The van der Waals surface area contributed by atoms with Crippen LogP contribution in [0.5, 0.6) is 0 Å². The van der Waals surface area contributed by atoms with E-state index in [4.69, 9.17) is 0 Å². The Balaban J connectivity index is 1.45. The van der Waals surface area contributed by atoms with Crippen molar-refractivity contribution in [2.24, 2.45) is 5.92 Å². The number of anilines is 1. The Hall–Kier alpha value is -2.65. The number of H-pyrrole nitrogens is 1. The summed E-state index contributed by atoms with van der Waals surface area (Å²) in [4.78, 5) is 45.9. The van der Waals surface area contributed by atoms with Crippen LogP contribution in [-0.2, 0) is 22.4 Å². The fourth-order valence-electron chi connectivity index (χ4n) is 3.57. The van der Waals surface area contributed by atoms with Crippen molar-refractivity contribution in [3.8, 4) is 0 Å². The molecule has 3 aromatic rings. The number of thiophene rings is 1. The highest BCUT2D eigenvalue weighted by atomic mass is 32.2. The van der Waals surface area contributed by atoms with Gasteiger partial charge in [-0.15, -0.1) is 11.3 Å². The smallest absolute Gasteiger partial charge is 0.337 e. The molecule has 2 aromatic heterocycles. The lowest BCUT2D eigenvalue weighted by Crippen LogP contribution is -2.16. The molecular formula is C21H21N3O4S2. The van der Waals surface area contributed by atoms with Crippen LogP contribution in [0.25, 0.3) is 10.2 Å². The molecule has 1 atom stereocenters. The Morgan fingerprint density at radius 1 is 1.40 bits per heavy atom. The van der Waals surface area contributed by atoms with Gasteiger partial charge in [-0.3, -0.25) is 9.59 Å². The second-order valence-corrected chi connectivity index (χ2v) is 9.36. The highest BCUT2D eigenvalue weighted by molar-refractivity contribution is 7.99. The van der Waals surface area contributed by atoms with E-state index >= 15 is 0 Å². The molecule has 2 N–H and O–H groups in total. The maximum Gasteiger partial charge on any atom is 0.337 e. The number of rotatable bonds is 5. The quantitative estimate of drug-likeness (QED) is 0.355. The number of aromatic amines is 1. The number of hydrogen-bond acceptors (Lipinski definition) is 7. The van der Waals surface area contributed by atoms with E-state index in [-0.39, 0.29) is 17.2 Å². The number of amides is 1. The number of aromatic nitrogens is 2. The number of nitrogens with one attached hydrogen (secondary N) is 2. The van der Waals surface area contributed by atoms with Gasteiger partial charge in [-0.2, -0.15) is 0 Å². The Morgan fingerprint density at radius 3 is 3.03 bits per heavy atom. The van der Waals surface area contributed by atoms with Crippen molar-refractivity contribution in [1.29, 1.82) is 0 Å². The number of esters is 1. The summed E-state index contributed by atoms with van der Waals surface area (Å²) in [5, 5.41) is 3.88. The average Bonchev–Trinajstić information content (AvgIpc) is 3.09. The lowest BCUT2D eigenvalue weighted by Gasteiger charge is -2.17. The zero-order valence-electron chi connectivity index (χ0n) is 16.6. The van der Waals surface area contributed by atoms with Crippen molar-refractivity contribution in [2.75, 3.05) is 18.2 Å². The third kappa shape index (κ3) is 4.27. The SMILES string of the molecule is COC(=O)c1cccc(NC(=O)CSc2nc3sc4c(c3c(=O)[nH]2)CC[C@H](C)C4)c1. The lowest BCUT2D eigenvalue weighted by atomic mass is 9.89. The van der Waals surface area contributed by atoms with Gasteiger partial charge in [0.2, 0.25) is 5.91 Å². The van der Waals surface area contributed by atoms with Crippen LogP contribution in [0.4, 0.5) is 5.69 Å². The normalized spacial score (nSPS) is 15.6. The molecule has 9 heteroatoms. The van der Waals surface area contributed by atoms with Gasteiger partial charge in [0.25, 0.3) is 5.56 Å². The van der Waals surface area contributed by atoms with E-state index in [2.05, 4.69) is 26.9 Å². The van der Waals surface area contributed by atoms with Crippen molar-refractivity contribution >= 4 is 50.9 Å². The number of carbonyl (C=O) groups excluding carboxylic acids is 2. The summed E-state index contributed by atoms with van der Waals surface area (Å²) in [5.74, 6) is -0.0218. The van der Waals surface area contributed by atoms with Crippen LogP contribution >= 0.6 is 23.1 Å². The van der Waals surface area contributed by atoms with Gasteiger partial charge in [0.1, 0.15) is 4.83 Å². The number of thioether (sulfide) groups is 1. The van der Waals surface area contributed by atoms with Crippen LogP contribution in [-0.4, -0.2) is 34.7 Å². The van der Waals surface area contributed by atoms with E-state index in [9.17, 15) is 14.4 Å². The van der Waals surface area contributed by atoms with E-state index < -0.39 is 5.97 Å². The van der Waals surface area contributed by atoms with Gasteiger partial charge >= 0.3 is 5.97 Å². The topological polar surface area (TPSA) is 101 Å². The second kappa shape index (κ2) is 8.61. The Morgan fingerprint density at radius 2 is 2.23 bits per heavy atom. The number of fused-ring (bicyclic) bond motifs is 3. The van der Waals surface area contributed by atoms with Crippen molar-refractivity contribution in [3.05, 3.63) is 50.6 Å². The number of hydrogen-bond donors (Lipinski definition) is 2. The zero-order valence-corrected chi connectivity index (χ0v) is 18.2. The van der Waals surface area contributed by atoms with Crippen molar-refractivity contribution < 1.29 is 14.3 Å². The second-order valence-electron chi connectivity index (χ2n) is 7.31. The summed E-state index contributed by atoms with van der Waals surface area (Å²) in [6, 6.07) is 6.53. The summed E-state index contributed by atoms with van der Waals surface area (Å²) in [6.07, 6.45) is 3.00. The van der Waals surface area contributed by atoms with E-state index in [1.165, 1.54) is 23.7 Å². The van der Waals surface area contributed by atoms with Crippen LogP contribution in [0.3, 0.4) is 0 Å². The molecule has 0 bridgehead atoms. The third-order valence-electron chi connectivity index (χ3n) is 5.05. The van der Waals surface area contributed by atoms with Gasteiger partial charge in [-0.05, 0) is 48.9 Å². The Kier molecular flexibility index (Phi) is 5.92. The van der Waals surface area contributed by atoms with E-state index in [0.29, 0.717) is 27.7 Å². The fourth-order valence-corrected chi connectivity index (χ4v) is 5.67. The molecular weight excluding hydrogens is 422 g/mol. The van der Waals surface area contributed by atoms with Crippen LogP contribution in [0, 0.1) is 5.92 Å². The molecule has 2 heterocycles. The molecule has 0 saturated carbocycles. The van der Waals surface area contributed by atoms with E-state index in [0.717, 1.165) is 29.7 Å². The molecule has 1 aromatic carbocycles. The summed E-state index contributed by atoms with van der Waals surface area (Å²) in [5.41, 5.74) is 1.86. The van der Waals surface area contributed by atoms with Crippen LogP contribution < -0.4 is 10.9 Å². The van der Waals surface area contributed by atoms with E-state index in [1.807, 2.05) is 0 Å². The largest absolute Gasteiger partial charge is 0.465 e. The molecule has 1 aliphatic rings. The predicted molar refractivity (Wildman–Crippen MR) is 119 cm³/mol. The molecule has 0 radical (unpaired) electrons. The molecule has 0 saturated heterocycles. The summed E-state index contributed by atoms with van der Waals surface area (Å²) >= 11 is 2.76. The van der Waals surface area contributed by atoms with Crippen molar-refractivity contribution in [3.63, 3.8) is 0 Å². The lowest BCUT2D eigenvalue weighted by molar-refractivity contribution is -0.113. The molecule has 1 amide bonds. The summed E-state index contributed by atoms with van der Waals surface area (Å²) < 4.78 is 4.69. The van der Waals surface area contributed by atoms with Gasteiger partial charge in [0, 0.05) is 10.6 Å². The Bertz CT molecular complexity index is 1180. The minimum absolute atomic E-state index is 0.0824. The number of benzene rings is 1. The average molecular weight is 444 g/mol. The summed E-state index contributed by atoms with van der Waals surface area (Å²) in [7, 11) is 1.30. The standard InChI is InChI=1S/C21H21N3O4S2/c1-11-6-7-14-15(8-11)30-19-17(14)18(26)23-21(24-19)29-10-16(25)22-13-5-3-4-12(9-13)20(27)28-2/h3-5,9,11H,6-8,10H2,1-2H3,(H,22,25)(H,23,24,26)/t11-/m0/s1. The van der Waals surface area contributed by atoms with Gasteiger partial charge in [0.05, 0.1) is 23.8 Å². The molecule has 156 valence electrons. The van der Waals surface area contributed by atoms with Crippen LogP contribution in [0.1, 0.15) is 34.1 Å². The van der Waals surface area contributed by atoms with Gasteiger partial charge < -0.3 is 15.0 Å². The van der Waals surface area contributed by atoms with Gasteiger partial charge in [-0.1, -0.05) is 24.8 Å². The molecule has 1 aliphatic carbocycles. The molecule has 30 heavy (non-hydrogen) atoms. The summed E-state index contributed by atoms with van der Waals surface area (Å²) in [6.45, 7) is 2.23. The third-order valence-corrected chi connectivity index (χ3v) is 7.07. The molecule has 0 unspecified atom stereocenters. The molecule has 0 spiro atoms. The molecule has 0 aliphatic heterocycles. The predicted octanol–water partition coefficient (Wildman–Crippen LogP) is 3.63. The number of methoxy groups -OCH3 is 1. The number of aryl methyl sites for hydroxylation is 1. The highest BCUT2D eigenvalue weighted by Crippen LogP contribution is 2.36. The highest BCUT2D eigenvalue weighted by Gasteiger charge is 2.23. The number of ether oxygens (including phenoxy) is 1. The first-order chi connectivity index (χ1) is 14.4. The van der Waals surface area contributed by atoms with Gasteiger partial charge in [-0.25, -0.2) is 9.78 Å². The molecule has 0 fully saturated rings. The maximum absolute atomic E-state index is 12.6. The maximum atomic E-state index is 12.6. The van der Waals surface area contributed by atoms with Gasteiger partial charge in [0.15, 0.2) is 5.16 Å². The van der Waals surface area contributed by atoms with Crippen LogP contribution in [0.2, 0.25) is 0 Å². The Labute approximate surface area is 181 Å². The monoisotopic (exact) mass is 443 g/mol. The van der Waals surface area contributed by atoms with Crippen molar-refractivity contribution in [2.45, 2.75) is 31.3 Å².